The van der Waals surface area contributed by atoms with Gasteiger partial charge in [0.25, 0.3) is 5.60 Å². The van der Waals surface area contributed by atoms with Crippen LogP contribution in [0.5, 0.6) is 0 Å². The summed E-state index contributed by atoms with van der Waals surface area (Å²) in [5.41, 5.74) is -0.891. The van der Waals surface area contributed by atoms with E-state index < -0.39 is 15.1 Å². The fourth-order valence-corrected chi connectivity index (χ4v) is 4.39. The Kier molecular flexibility index (Phi) is 6.89. The minimum absolute atomic E-state index is 0.0590. The van der Waals surface area contributed by atoms with E-state index >= 15 is 0 Å². The normalized spacial score (nSPS) is 13.2. The van der Waals surface area contributed by atoms with Crippen LogP contribution in [-0.2, 0) is 14.2 Å². The molecule has 0 heterocycles. The molecule has 0 spiro atoms. The predicted molar refractivity (Wildman–Crippen MR) is 86.0 cm³/mol. The summed E-state index contributed by atoms with van der Waals surface area (Å²) >= 11 is 0. The average molecular weight is 296 g/mol. The Balaban J connectivity index is 3.00. The summed E-state index contributed by atoms with van der Waals surface area (Å²) in [5, 5.41) is 1.27. The summed E-state index contributed by atoms with van der Waals surface area (Å²) in [6.07, 6.45) is 0.177. The van der Waals surface area contributed by atoms with Crippen LogP contribution in [0, 0.1) is 0 Å². The zero-order valence-corrected chi connectivity index (χ0v) is 15.0. The van der Waals surface area contributed by atoms with Crippen LogP contribution in [-0.4, -0.2) is 33.4 Å². The molecule has 0 radical (unpaired) electrons. The molecule has 0 aliphatic heterocycles. The third-order valence-corrected chi connectivity index (χ3v) is 4.32. The van der Waals surface area contributed by atoms with Gasteiger partial charge in [0, 0.05) is 0 Å². The number of ether oxygens (including phenoxy) is 3. The van der Waals surface area contributed by atoms with Crippen LogP contribution in [0.25, 0.3) is 0 Å². The lowest BCUT2D eigenvalue weighted by atomic mass is 10.4. The van der Waals surface area contributed by atoms with E-state index in [2.05, 4.69) is 12.1 Å². The Hall–Kier alpha value is -0.683. The average Bonchev–Trinajstić information content (AvgIpc) is 2.26. The molecule has 0 atom stereocenters. The zero-order valence-electron chi connectivity index (χ0n) is 13.6. The van der Waals surface area contributed by atoms with Crippen molar-refractivity contribution >= 4 is 14.7 Å². The van der Waals surface area contributed by atoms with E-state index in [1.165, 1.54) is 5.19 Å². The lowest BCUT2D eigenvalue weighted by Crippen LogP contribution is -2.53. The fraction of sp³-hybridized carbons (Fsp3) is 0.625. The van der Waals surface area contributed by atoms with Crippen LogP contribution in [0.4, 0.5) is 0 Å². The summed E-state index contributed by atoms with van der Waals surface area (Å²) in [6.45, 7) is 12.1. The molecule has 0 fully saturated rings. The van der Waals surface area contributed by atoms with Gasteiger partial charge in [0.1, 0.15) is 0 Å². The van der Waals surface area contributed by atoms with E-state index in [1.807, 2.05) is 59.7 Å². The van der Waals surface area contributed by atoms with Crippen molar-refractivity contribution in [1.82, 2.24) is 0 Å². The summed E-state index contributed by atoms with van der Waals surface area (Å²) in [5.74, 6) is 0. The number of hydrogen-bond acceptors (Lipinski definition) is 3. The Morgan fingerprint density at radius 1 is 0.750 bits per heavy atom. The lowest BCUT2D eigenvalue weighted by molar-refractivity contribution is -0.358. The van der Waals surface area contributed by atoms with Gasteiger partial charge in [-0.1, -0.05) is 35.5 Å². The smallest absolute Gasteiger partial charge is 0.255 e. The molecule has 1 rings (SSSR count). The minimum atomic E-state index is -0.899. The molecule has 4 heteroatoms. The molecule has 20 heavy (non-hydrogen) atoms. The standard InChI is InChI=1S/C16H28O3Si/c1-12(2)17-16(18-13(3)4,19-14(5)6)20-15-10-8-7-9-11-15/h7-14H,20H2,1-6H3. The van der Waals surface area contributed by atoms with Crippen LogP contribution in [0.3, 0.4) is 0 Å². The van der Waals surface area contributed by atoms with E-state index in [-0.39, 0.29) is 18.3 Å². The third kappa shape index (κ3) is 6.18. The van der Waals surface area contributed by atoms with Crippen LogP contribution in [0.1, 0.15) is 41.5 Å². The molecule has 114 valence electrons. The molecular formula is C16H28O3Si. The highest BCUT2D eigenvalue weighted by Crippen LogP contribution is 2.21. The van der Waals surface area contributed by atoms with Crippen molar-refractivity contribution < 1.29 is 14.2 Å². The van der Waals surface area contributed by atoms with Crippen molar-refractivity contribution in [2.45, 2.75) is 65.5 Å². The van der Waals surface area contributed by atoms with Gasteiger partial charge >= 0.3 is 0 Å². The Morgan fingerprint density at radius 3 is 1.50 bits per heavy atom. The molecule has 0 bridgehead atoms. The van der Waals surface area contributed by atoms with Crippen molar-refractivity contribution in [3.05, 3.63) is 30.3 Å². The van der Waals surface area contributed by atoms with Gasteiger partial charge in [-0.25, -0.2) is 0 Å². The monoisotopic (exact) mass is 296 g/mol. The molecule has 0 saturated carbocycles. The molecule has 0 saturated heterocycles. The number of rotatable bonds is 8. The van der Waals surface area contributed by atoms with E-state index in [4.69, 9.17) is 14.2 Å². The van der Waals surface area contributed by atoms with Gasteiger partial charge in [-0.05, 0) is 41.5 Å². The maximum Gasteiger partial charge on any atom is 0.255 e. The maximum absolute atomic E-state index is 6.08. The van der Waals surface area contributed by atoms with Gasteiger partial charge < -0.3 is 14.2 Å². The molecule has 0 amide bonds. The second-order valence-electron chi connectivity index (χ2n) is 5.85. The predicted octanol–water partition coefficient (Wildman–Crippen LogP) is 2.37. The van der Waals surface area contributed by atoms with Gasteiger partial charge in [-0.15, -0.1) is 0 Å². The molecule has 1 aromatic carbocycles. The van der Waals surface area contributed by atoms with Crippen LogP contribution < -0.4 is 5.19 Å². The Morgan fingerprint density at radius 2 is 1.15 bits per heavy atom. The zero-order chi connectivity index (χ0) is 15.2. The SMILES string of the molecule is CC(C)OC(OC(C)C)(OC(C)C)[SiH2]c1ccccc1. The molecule has 0 unspecified atom stereocenters. The molecule has 1 aromatic rings. The van der Waals surface area contributed by atoms with Gasteiger partial charge in [0.05, 0.1) is 18.3 Å². The van der Waals surface area contributed by atoms with Crippen LogP contribution >= 0.6 is 0 Å². The van der Waals surface area contributed by atoms with Gasteiger partial charge in [-0.3, -0.25) is 0 Å². The summed E-state index contributed by atoms with van der Waals surface area (Å²) < 4.78 is 18.2. The molecule has 0 aromatic heterocycles. The first-order valence-electron chi connectivity index (χ1n) is 7.40. The third-order valence-electron chi connectivity index (χ3n) is 2.51. The molecule has 0 aliphatic rings. The molecule has 3 nitrogen and oxygen atoms in total. The summed E-state index contributed by atoms with van der Waals surface area (Å²) in [4.78, 5) is 0. The summed E-state index contributed by atoms with van der Waals surface area (Å²) in [6, 6.07) is 10.4. The molecule has 0 N–H and O–H groups in total. The van der Waals surface area contributed by atoms with E-state index in [0.717, 1.165) is 0 Å². The van der Waals surface area contributed by atoms with Crippen molar-refractivity contribution in [2.75, 3.05) is 0 Å². The first-order chi connectivity index (χ1) is 9.33. The Labute approximate surface area is 125 Å². The van der Waals surface area contributed by atoms with Crippen molar-refractivity contribution in [3.63, 3.8) is 0 Å². The van der Waals surface area contributed by atoms with E-state index in [0.29, 0.717) is 0 Å². The van der Waals surface area contributed by atoms with Crippen LogP contribution in [0.2, 0.25) is 0 Å². The quantitative estimate of drug-likeness (QED) is 0.544. The highest BCUT2D eigenvalue weighted by atomic mass is 28.2. The summed E-state index contributed by atoms with van der Waals surface area (Å²) in [7, 11) is -0.899. The second kappa shape index (κ2) is 7.93. The van der Waals surface area contributed by atoms with Crippen molar-refractivity contribution in [1.29, 1.82) is 0 Å². The first kappa shape index (κ1) is 17.4. The van der Waals surface area contributed by atoms with E-state index in [9.17, 15) is 0 Å². The minimum Gasteiger partial charge on any atom is -0.329 e. The van der Waals surface area contributed by atoms with Crippen molar-refractivity contribution in [2.24, 2.45) is 0 Å². The van der Waals surface area contributed by atoms with Crippen LogP contribution in [0.15, 0.2) is 30.3 Å². The fourth-order valence-electron chi connectivity index (χ4n) is 2.13. The number of benzene rings is 1. The molecule has 0 aliphatic carbocycles. The largest absolute Gasteiger partial charge is 0.329 e. The topological polar surface area (TPSA) is 27.7 Å². The maximum atomic E-state index is 6.08. The highest BCUT2D eigenvalue weighted by molar-refractivity contribution is 6.55. The molecular weight excluding hydrogens is 268 g/mol. The first-order valence-corrected chi connectivity index (χ1v) is 8.82. The number of hydrogen-bond donors (Lipinski definition) is 0. The lowest BCUT2D eigenvalue weighted by Gasteiger charge is -2.38. The van der Waals surface area contributed by atoms with E-state index in [1.54, 1.807) is 0 Å². The second-order valence-corrected chi connectivity index (χ2v) is 7.88. The van der Waals surface area contributed by atoms with Gasteiger partial charge in [0.15, 0.2) is 9.52 Å². The highest BCUT2D eigenvalue weighted by Gasteiger charge is 2.37. The van der Waals surface area contributed by atoms with Gasteiger partial charge in [-0.2, -0.15) is 0 Å². The van der Waals surface area contributed by atoms with Crippen molar-refractivity contribution in [3.8, 4) is 0 Å². The Bertz CT molecular complexity index is 350. The van der Waals surface area contributed by atoms with Gasteiger partial charge in [0.2, 0.25) is 0 Å².